The van der Waals surface area contributed by atoms with Crippen LogP contribution in [0.4, 0.5) is 0 Å². The molecular weight excluding hydrogens is 336 g/mol. The summed E-state index contributed by atoms with van der Waals surface area (Å²) in [6.45, 7) is 4.85. The van der Waals surface area contributed by atoms with E-state index in [1.165, 1.54) is 11.1 Å². The predicted molar refractivity (Wildman–Crippen MR) is 98.5 cm³/mol. The van der Waals surface area contributed by atoms with Gasteiger partial charge in [-0.2, -0.15) is 0 Å². The topological polar surface area (TPSA) is 67.4 Å². The lowest BCUT2D eigenvalue weighted by atomic mass is 9.95. The van der Waals surface area contributed by atoms with E-state index in [0.717, 1.165) is 18.5 Å². The molecule has 0 saturated heterocycles. The van der Waals surface area contributed by atoms with Gasteiger partial charge in [-0.25, -0.2) is 13.1 Å². The Labute approximate surface area is 149 Å². The lowest BCUT2D eigenvalue weighted by Crippen LogP contribution is -2.39. The molecule has 6 heteroatoms. The lowest BCUT2D eigenvalue weighted by molar-refractivity contribution is 0.410. The number of hydrogen-bond donors (Lipinski definition) is 2. The first-order valence-corrected chi connectivity index (χ1v) is 9.87. The number of methoxy groups -OCH3 is 1. The zero-order chi connectivity index (χ0) is 18.0. The Hall–Kier alpha value is -1.89. The highest BCUT2D eigenvalue weighted by Gasteiger charge is 2.24. The van der Waals surface area contributed by atoms with Crippen molar-refractivity contribution in [2.75, 3.05) is 20.2 Å². The molecule has 25 heavy (non-hydrogen) atoms. The number of sulfonamides is 1. The van der Waals surface area contributed by atoms with E-state index in [9.17, 15) is 8.42 Å². The fourth-order valence-electron chi connectivity index (χ4n) is 3.33. The van der Waals surface area contributed by atoms with Gasteiger partial charge >= 0.3 is 0 Å². The van der Waals surface area contributed by atoms with Crippen LogP contribution in [0.1, 0.15) is 28.3 Å². The predicted octanol–water partition coefficient (Wildman–Crippen LogP) is 2.48. The SMILES string of the molecule is COc1ccc(S(=O)(=O)NCC2NCCc3ccccc32)c(C)c1C. The second kappa shape index (κ2) is 7.15. The summed E-state index contributed by atoms with van der Waals surface area (Å²) in [5.41, 5.74) is 4.00. The Bertz CT molecular complexity index is 878. The Morgan fingerprint density at radius 2 is 1.92 bits per heavy atom. The van der Waals surface area contributed by atoms with Crippen molar-refractivity contribution in [3.05, 3.63) is 58.7 Å². The van der Waals surface area contributed by atoms with Gasteiger partial charge in [-0.05, 0) is 61.2 Å². The van der Waals surface area contributed by atoms with Crippen molar-refractivity contribution in [2.24, 2.45) is 0 Å². The Morgan fingerprint density at radius 3 is 2.68 bits per heavy atom. The number of nitrogens with one attached hydrogen (secondary N) is 2. The number of ether oxygens (including phenoxy) is 1. The zero-order valence-corrected chi connectivity index (χ0v) is 15.6. The Kier molecular flexibility index (Phi) is 5.13. The third kappa shape index (κ3) is 3.56. The summed E-state index contributed by atoms with van der Waals surface area (Å²) in [6, 6.07) is 11.5. The summed E-state index contributed by atoms with van der Waals surface area (Å²) in [6.07, 6.45) is 0.968. The summed E-state index contributed by atoms with van der Waals surface area (Å²) in [5, 5.41) is 3.40. The second-order valence-electron chi connectivity index (χ2n) is 6.32. The van der Waals surface area contributed by atoms with Gasteiger partial charge in [0.1, 0.15) is 5.75 Å². The molecule has 0 aliphatic carbocycles. The molecule has 0 fully saturated rings. The summed E-state index contributed by atoms with van der Waals surface area (Å²) < 4.78 is 33.6. The van der Waals surface area contributed by atoms with Crippen LogP contribution in [0.2, 0.25) is 0 Å². The minimum atomic E-state index is -3.59. The van der Waals surface area contributed by atoms with Crippen molar-refractivity contribution in [3.63, 3.8) is 0 Å². The number of hydrogen-bond acceptors (Lipinski definition) is 4. The van der Waals surface area contributed by atoms with Gasteiger partial charge in [0, 0.05) is 12.6 Å². The number of rotatable bonds is 5. The van der Waals surface area contributed by atoms with Crippen LogP contribution in [-0.2, 0) is 16.4 Å². The molecule has 0 radical (unpaired) electrons. The largest absolute Gasteiger partial charge is 0.496 e. The highest BCUT2D eigenvalue weighted by atomic mass is 32.2. The van der Waals surface area contributed by atoms with E-state index in [2.05, 4.69) is 22.2 Å². The van der Waals surface area contributed by atoms with Crippen LogP contribution in [0, 0.1) is 13.8 Å². The third-order valence-corrected chi connectivity index (χ3v) is 6.46. The monoisotopic (exact) mass is 360 g/mol. The maximum Gasteiger partial charge on any atom is 0.240 e. The van der Waals surface area contributed by atoms with Gasteiger partial charge in [0.05, 0.1) is 12.0 Å². The minimum Gasteiger partial charge on any atom is -0.496 e. The molecule has 0 amide bonds. The van der Waals surface area contributed by atoms with Gasteiger partial charge in [-0.15, -0.1) is 0 Å². The van der Waals surface area contributed by atoms with E-state index in [-0.39, 0.29) is 6.04 Å². The van der Waals surface area contributed by atoms with Gasteiger partial charge in [-0.1, -0.05) is 24.3 Å². The molecule has 134 valence electrons. The van der Waals surface area contributed by atoms with Crippen molar-refractivity contribution >= 4 is 10.0 Å². The van der Waals surface area contributed by atoms with Crippen LogP contribution in [-0.4, -0.2) is 28.6 Å². The van der Waals surface area contributed by atoms with E-state index in [1.807, 2.05) is 19.1 Å². The molecule has 3 rings (SSSR count). The van der Waals surface area contributed by atoms with Crippen molar-refractivity contribution in [2.45, 2.75) is 31.2 Å². The van der Waals surface area contributed by atoms with Gasteiger partial charge < -0.3 is 10.1 Å². The molecular formula is C19H24N2O3S. The molecule has 1 atom stereocenters. The average Bonchev–Trinajstić information content (AvgIpc) is 2.62. The van der Waals surface area contributed by atoms with Crippen molar-refractivity contribution in [1.82, 2.24) is 10.0 Å². The average molecular weight is 360 g/mol. The molecule has 0 spiro atoms. The summed E-state index contributed by atoms with van der Waals surface area (Å²) in [7, 11) is -2.00. The molecule has 0 bridgehead atoms. The van der Waals surface area contributed by atoms with Crippen molar-refractivity contribution in [3.8, 4) is 5.75 Å². The van der Waals surface area contributed by atoms with E-state index in [1.54, 1.807) is 26.2 Å². The van der Waals surface area contributed by atoms with E-state index >= 15 is 0 Å². The molecule has 2 N–H and O–H groups in total. The minimum absolute atomic E-state index is 0.0145. The lowest BCUT2D eigenvalue weighted by Gasteiger charge is -2.27. The second-order valence-corrected chi connectivity index (χ2v) is 8.06. The van der Waals surface area contributed by atoms with Gasteiger partial charge in [-0.3, -0.25) is 0 Å². The smallest absolute Gasteiger partial charge is 0.240 e. The van der Waals surface area contributed by atoms with Crippen molar-refractivity contribution in [1.29, 1.82) is 0 Å². The van der Waals surface area contributed by atoms with E-state index in [4.69, 9.17) is 4.74 Å². The fraction of sp³-hybridized carbons (Fsp3) is 0.368. The first-order chi connectivity index (χ1) is 11.9. The fourth-order valence-corrected chi connectivity index (χ4v) is 4.67. The first kappa shape index (κ1) is 17.9. The summed E-state index contributed by atoms with van der Waals surface area (Å²) in [5.74, 6) is 0.694. The van der Waals surface area contributed by atoms with E-state index in [0.29, 0.717) is 22.8 Å². The van der Waals surface area contributed by atoms with E-state index < -0.39 is 10.0 Å². The normalized spacial score (nSPS) is 17.2. The molecule has 5 nitrogen and oxygen atoms in total. The highest BCUT2D eigenvalue weighted by Crippen LogP contribution is 2.27. The van der Waals surface area contributed by atoms with Crippen LogP contribution in [0.25, 0.3) is 0 Å². The molecule has 2 aromatic carbocycles. The molecule has 0 aromatic heterocycles. The molecule has 1 aliphatic heterocycles. The molecule has 1 unspecified atom stereocenters. The van der Waals surface area contributed by atoms with Crippen LogP contribution in [0.5, 0.6) is 5.75 Å². The summed E-state index contributed by atoms with van der Waals surface area (Å²) in [4.78, 5) is 0.301. The van der Waals surface area contributed by atoms with Crippen LogP contribution >= 0.6 is 0 Å². The molecule has 0 saturated carbocycles. The first-order valence-electron chi connectivity index (χ1n) is 8.39. The van der Waals surface area contributed by atoms with Crippen LogP contribution in [0.3, 0.4) is 0 Å². The Morgan fingerprint density at radius 1 is 1.16 bits per heavy atom. The molecule has 1 heterocycles. The zero-order valence-electron chi connectivity index (χ0n) is 14.8. The highest BCUT2D eigenvalue weighted by molar-refractivity contribution is 7.89. The maximum absolute atomic E-state index is 12.8. The molecule has 1 aliphatic rings. The third-order valence-electron chi connectivity index (χ3n) is 4.89. The standard InChI is InChI=1S/C19H24N2O3S/c1-13-14(2)19(9-8-18(13)24-3)25(22,23)21-12-17-16-7-5-4-6-15(16)10-11-20-17/h4-9,17,20-21H,10-12H2,1-3H3. The molecule has 2 aromatic rings. The van der Waals surface area contributed by atoms with Gasteiger partial charge in [0.15, 0.2) is 0 Å². The summed E-state index contributed by atoms with van der Waals surface area (Å²) >= 11 is 0. The van der Waals surface area contributed by atoms with Crippen LogP contribution in [0.15, 0.2) is 41.3 Å². The number of fused-ring (bicyclic) bond motifs is 1. The quantitative estimate of drug-likeness (QED) is 0.860. The van der Waals surface area contributed by atoms with Crippen LogP contribution < -0.4 is 14.8 Å². The Balaban J connectivity index is 1.81. The van der Waals surface area contributed by atoms with Crippen molar-refractivity contribution < 1.29 is 13.2 Å². The van der Waals surface area contributed by atoms with Gasteiger partial charge in [0.2, 0.25) is 10.0 Å². The van der Waals surface area contributed by atoms with Gasteiger partial charge in [0.25, 0.3) is 0 Å². The maximum atomic E-state index is 12.8. The number of benzene rings is 2.